The van der Waals surface area contributed by atoms with Crippen LogP contribution in [0.5, 0.6) is 0 Å². The summed E-state index contributed by atoms with van der Waals surface area (Å²) in [6.45, 7) is 6.51. The predicted molar refractivity (Wildman–Crippen MR) is 147 cm³/mol. The van der Waals surface area contributed by atoms with E-state index in [1.165, 1.54) is 11.3 Å². The number of nitrogens with one attached hydrogen (secondary N) is 1. The zero-order valence-electron chi connectivity index (χ0n) is 21.1. The number of thiazole rings is 1. The van der Waals surface area contributed by atoms with Crippen molar-refractivity contribution < 1.29 is 14.3 Å². The topological polar surface area (TPSA) is 84.4 Å². The molecule has 0 saturated heterocycles. The summed E-state index contributed by atoms with van der Waals surface area (Å²) in [5.41, 5.74) is 4.90. The molecule has 2 aromatic carbocycles. The molecule has 0 spiro atoms. The summed E-state index contributed by atoms with van der Waals surface area (Å²) >= 11 is 1.34. The summed E-state index contributed by atoms with van der Waals surface area (Å²) in [7, 11) is 0. The highest BCUT2D eigenvalue weighted by molar-refractivity contribution is 7.14. The summed E-state index contributed by atoms with van der Waals surface area (Å²) in [6.07, 6.45) is 1.24. The molecule has 8 heteroatoms. The summed E-state index contributed by atoms with van der Waals surface area (Å²) in [5, 5.41) is 5.96. The molecule has 0 radical (unpaired) electrons. The van der Waals surface area contributed by atoms with Gasteiger partial charge in [0.05, 0.1) is 16.8 Å². The first-order chi connectivity index (χ1) is 18.1. The van der Waals surface area contributed by atoms with Crippen molar-refractivity contribution in [3.05, 3.63) is 76.8 Å². The second kappa shape index (κ2) is 11.2. The van der Waals surface area contributed by atoms with Crippen LogP contribution in [-0.2, 0) is 22.5 Å². The van der Waals surface area contributed by atoms with E-state index in [9.17, 15) is 9.59 Å². The van der Waals surface area contributed by atoms with Crippen LogP contribution in [0.1, 0.15) is 48.3 Å². The second-order valence-electron chi connectivity index (χ2n) is 9.15. The van der Waals surface area contributed by atoms with Crippen LogP contribution in [0.3, 0.4) is 0 Å². The maximum Gasteiger partial charge on any atom is 0.340 e. The Balaban J connectivity index is 1.38. The first-order valence-electron chi connectivity index (χ1n) is 12.7. The third-order valence-electron chi connectivity index (χ3n) is 6.59. The highest BCUT2D eigenvalue weighted by Crippen LogP contribution is 2.30. The summed E-state index contributed by atoms with van der Waals surface area (Å²) in [5.74, 6) is -0.871. The van der Waals surface area contributed by atoms with Crippen LogP contribution in [0.15, 0.2) is 60.0 Å². The molecule has 3 heterocycles. The van der Waals surface area contributed by atoms with E-state index < -0.39 is 12.1 Å². The Morgan fingerprint density at radius 3 is 2.65 bits per heavy atom. The molecule has 37 heavy (non-hydrogen) atoms. The maximum atomic E-state index is 13.6. The van der Waals surface area contributed by atoms with Gasteiger partial charge in [0.15, 0.2) is 11.2 Å². The lowest BCUT2D eigenvalue weighted by molar-refractivity contribution is -0.124. The van der Waals surface area contributed by atoms with Gasteiger partial charge in [-0.3, -0.25) is 20.0 Å². The van der Waals surface area contributed by atoms with Crippen LogP contribution in [0, 0.1) is 0 Å². The molecule has 1 N–H and O–H groups in total. The van der Waals surface area contributed by atoms with E-state index in [1.54, 1.807) is 0 Å². The van der Waals surface area contributed by atoms with Gasteiger partial charge in [0.25, 0.3) is 5.91 Å². The fourth-order valence-corrected chi connectivity index (χ4v) is 5.48. The highest BCUT2D eigenvalue weighted by Gasteiger charge is 2.29. The number of aromatic nitrogens is 2. The molecular formula is C29H30N4O3S. The number of benzene rings is 2. The molecule has 0 saturated carbocycles. The zero-order valence-corrected chi connectivity index (χ0v) is 21.9. The van der Waals surface area contributed by atoms with Gasteiger partial charge in [-0.15, -0.1) is 11.3 Å². The smallest absolute Gasteiger partial charge is 0.340 e. The minimum atomic E-state index is -0.936. The third kappa shape index (κ3) is 5.40. The number of pyridine rings is 1. The molecule has 190 valence electrons. The van der Waals surface area contributed by atoms with Crippen LogP contribution in [0.4, 0.5) is 5.13 Å². The van der Waals surface area contributed by atoms with Gasteiger partial charge in [-0.2, -0.15) is 0 Å². The number of anilines is 1. The van der Waals surface area contributed by atoms with Gasteiger partial charge in [-0.1, -0.05) is 62.4 Å². The predicted octanol–water partition coefficient (Wildman–Crippen LogP) is 5.70. The van der Waals surface area contributed by atoms with Gasteiger partial charge >= 0.3 is 5.97 Å². The maximum absolute atomic E-state index is 13.6. The van der Waals surface area contributed by atoms with Crippen LogP contribution >= 0.6 is 11.3 Å². The van der Waals surface area contributed by atoms with Gasteiger partial charge in [0, 0.05) is 47.1 Å². The SMILES string of the molecule is CCCN1CCc2nc3ccccc3c(C(=O)OC(CC)C(=O)Nc3nc(-c4ccccc4)cs3)c2C1. The molecule has 7 nitrogen and oxygen atoms in total. The number of carbonyl (C=O) groups excluding carboxylic acids is 2. The van der Waals surface area contributed by atoms with Crippen molar-refractivity contribution in [3.8, 4) is 11.3 Å². The minimum absolute atomic E-state index is 0.349. The Morgan fingerprint density at radius 2 is 1.86 bits per heavy atom. The second-order valence-corrected chi connectivity index (χ2v) is 10.0. The van der Waals surface area contributed by atoms with Gasteiger partial charge in [-0.25, -0.2) is 9.78 Å². The molecule has 5 rings (SSSR count). The fraction of sp³-hybridized carbons (Fsp3) is 0.310. The summed E-state index contributed by atoms with van der Waals surface area (Å²) < 4.78 is 5.86. The number of esters is 1. The average molecular weight is 515 g/mol. The van der Waals surface area contributed by atoms with E-state index >= 15 is 0 Å². The number of ether oxygens (including phenoxy) is 1. The molecule has 0 bridgehead atoms. The van der Waals surface area contributed by atoms with E-state index in [0.29, 0.717) is 23.7 Å². The third-order valence-corrected chi connectivity index (χ3v) is 7.34. The molecule has 1 unspecified atom stereocenters. The number of amides is 1. The highest BCUT2D eigenvalue weighted by atomic mass is 32.1. The summed E-state index contributed by atoms with van der Waals surface area (Å²) in [6, 6.07) is 17.4. The Bertz CT molecular complexity index is 1420. The normalized spacial score (nSPS) is 14.2. The number of hydrogen-bond donors (Lipinski definition) is 1. The number of fused-ring (bicyclic) bond motifs is 2. The number of para-hydroxylation sites is 1. The quantitative estimate of drug-likeness (QED) is 0.304. The van der Waals surface area contributed by atoms with E-state index in [-0.39, 0.29) is 5.91 Å². The van der Waals surface area contributed by atoms with Crippen molar-refractivity contribution in [1.29, 1.82) is 0 Å². The lowest BCUT2D eigenvalue weighted by atomic mass is 9.95. The van der Waals surface area contributed by atoms with Crippen LogP contribution in [0.2, 0.25) is 0 Å². The first kappa shape index (κ1) is 25.0. The Kier molecular flexibility index (Phi) is 7.58. The van der Waals surface area contributed by atoms with Gasteiger partial charge < -0.3 is 4.74 Å². The Labute approximate surface area is 220 Å². The standard InChI is InChI=1S/C29H30N4O3S/c1-3-15-33-16-14-23-21(17-33)26(20-12-8-9-13-22(20)30-23)28(35)36-25(4-2)27(34)32-29-31-24(18-37-29)19-10-6-5-7-11-19/h5-13,18,25H,3-4,14-17H2,1-2H3,(H,31,32,34). The van der Waals surface area contributed by atoms with Crippen molar-refractivity contribution in [2.24, 2.45) is 0 Å². The average Bonchev–Trinajstić information content (AvgIpc) is 3.39. The largest absolute Gasteiger partial charge is 0.449 e. The molecule has 4 aromatic rings. The molecular weight excluding hydrogens is 484 g/mol. The zero-order chi connectivity index (χ0) is 25.8. The number of hydrogen-bond acceptors (Lipinski definition) is 7. The van der Waals surface area contributed by atoms with E-state index in [0.717, 1.165) is 59.3 Å². The molecule has 0 fully saturated rings. The van der Waals surface area contributed by atoms with Crippen LogP contribution in [-0.4, -0.2) is 45.9 Å². The van der Waals surface area contributed by atoms with Crippen molar-refractivity contribution in [1.82, 2.24) is 14.9 Å². The van der Waals surface area contributed by atoms with Crippen molar-refractivity contribution in [3.63, 3.8) is 0 Å². The monoisotopic (exact) mass is 514 g/mol. The van der Waals surface area contributed by atoms with E-state index in [1.807, 2.05) is 66.9 Å². The lowest BCUT2D eigenvalue weighted by Crippen LogP contribution is -2.35. The number of rotatable bonds is 8. The molecule has 1 amide bonds. The molecule has 2 aromatic heterocycles. The Morgan fingerprint density at radius 1 is 1.08 bits per heavy atom. The first-order valence-corrected chi connectivity index (χ1v) is 13.6. The number of nitrogens with zero attached hydrogens (tertiary/aromatic N) is 3. The molecule has 0 aliphatic carbocycles. The minimum Gasteiger partial charge on any atom is -0.449 e. The number of carbonyl (C=O) groups is 2. The van der Waals surface area contributed by atoms with Crippen LogP contribution in [0.25, 0.3) is 22.2 Å². The summed E-state index contributed by atoms with van der Waals surface area (Å²) in [4.78, 5) is 38.5. The van der Waals surface area contributed by atoms with E-state index in [2.05, 4.69) is 22.1 Å². The Hall–Kier alpha value is -3.62. The fourth-order valence-electron chi connectivity index (χ4n) is 4.76. The van der Waals surface area contributed by atoms with Gasteiger partial charge in [0.1, 0.15) is 0 Å². The van der Waals surface area contributed by atoms with Crippen molar-refractivity contribution >= 4 is 39.2 Å². The van der Waals surface area contributed by atoms with Gasteiger partial charge in [-0.05, 0) is 25.5 Å². The van der Waals surface area contributed by atoms with Gasteiger partial charge in [0.2, 0.25) is 0 Å². The van der Waals surface area contributed by atoms with Crippen molar-refractivity contribution in [2.75, 3.05) is 18.4 Å². The van der Waals surface area contributed by atoms with Crippen LogP contribution < -0.4 is 5.32 Å². The lowest BCUT2D eigenvalue weighted by Gasteiger charge is -2.29. The van der Waals surface area contributed by atoms with E-state index in [4.69, 9.17) is 9.72 Å². The van der Waals surface area contributed by atoms with Crippen molar-refractivity contribution in [2.45, 2.75) is 45.8 Å². The molecule has 1 aliphatic rings. The molecule has 1 atom stereocenters. The molecule has 1 aliphatic heterocycles.